The van der Waals surface area contributed by atoms with Crippen LogP contribution in [0.2, 0.25) is 5.02 Å². The molecule has 0 bridgehead atoms. The van der Waals surface area contributed by atoms with Crippen LogP contribution in [0.5, 0.6) is 0 Å². The Labute approximate surface area is 140 Å². The SMILES string of the molecule is OC1(CNC2CCCSc3ccc(Cl)cc32)CCSCC1. The lowest BCUT2D eigenvalue weighted by atomic mass is 9.95. The lowest BCUT2D eigenvalue weighted by molar-refractivity contribution is 0.0292. The van der Waals surface area contributed by atoms with Gasteiger partial charge in [-0.05, 0) is 66.7 Å². The second-order valence-electron chi connectivity index (χ2n) is 5.94. The Balaban J connectivity index is 1.71. The zero-order chi connectivity index (χ0) is 14.7. The molecule has 0 amide bonds. The predicted molar refractivity (Wildman–Crippen MR) is 93.7 cm³/mol. The normalized spacial score (nSPS) is 25.1. The third kappa shape index (κ3) is 4.11. The molecule has 0 aromatic heterocycles. The topological polar surface area (TPSA) is 32.3 Å². The summed E-state index contributed by atoms with van der Waals surface area (Å²) in [5, 5.41) is 15.1. The first-order chi connectivity index (χ1) is 10.2. The summed E-state index contributed by atoms with van der Waals surface area (Å²) in [6.45, 7) is 0.689. The molecule has 1 fully saturated rings. The van der Waals surface area contributed by atoms with Gasteiger partial charge in [-0.25, -0.2) is 0 Å². The highest BCUT2D eigenvalue weighted by Gasteiger charge is 2.30. The second-order valence-corrected chi connectivity index (χ2v) is 8.74. The van der Waals surface area contributed by atoms with Gasteiger partial charge in [0.1, 0.15) is 0 Å². The Morgan fingerprint density at radius 1 is 1.29 bits per heavy atom. The summed E-state index contributed by atoms with van der Waals surface area (Å²) >= 11 is 10.0. The Morgan fingerprint density at radius 3 is 2.90 bits per heavy atom. The Hall–Kier alpha value is 0.130. The summed E-state index contributed by atoms with van der Waals surface area (Å²) in [7, 11) is 0. The quantitative estimate of drug-likeness (QED) is 0.864. The van der Waals surface area contributed by atoms with E-state index in [1.54, 1.807) is 0 Å². The van der Waals surface area contributed by atoms with Gasteiger partial charge in [0, 0.05) is 22.5 Å². The molecule has 2 heterocycles. The first-order valence-corrected chi connectivity index (χ1v) is 10.1. The molecule has 2 aliphatic heterocycles. The maximum Gasteiger partial charge on any atom is 0.0787 e. The zero-order valence-electron chi connectivity index (χ0n) is 12.1. The maximum absolute atomic E-state index is 10.7. The molecular formula is C16H22ClNOS2. The Kier molecular flexibility index (Phi) is 5.44. The molecule has 2 nitrogen and oxygen atoms in total. The summed E-state index contributed by atoms with van der Waals surface area (Å²) < 4.78 is 0. The zero-order valence-corrected chi connectivity index (χ0v) is 14.5. The Bertz CT molecular complexity index is 491. The third-order valence-electron chi connectivity index (χ3n) is 4.34. The van der Waals surface area contributed by atoms with Gasteiger partial charge in [-0.1, -0.05) is 11.6 Å². The van der Waals surface area contributed by atoms with Crippen LogP contribution >= 0.6 is 35.1 Å². The van der Waals surface area contributed by atoms with Crippen molar-refractivity contribution in [3.05, 3.63) is 28.8 Å². The van der Waals surface area contributed by atoms with Gasteiger partial charge in [-0.15, -0.1) is 11.8 Å². The van der Waals surface area contributed by atoms with Gasteiger partial charge in [-0.3, -0.25) is 0 Å². The summed E-state index contributed by atoms with van der Waals surface area (Å²) in [4.78, 5) is 1.33. The number of aliphatic hydroxyl groups is 1. The number of benzene rings is 1. The van der Waals surface area contributed by atoms with Gasteiger partial charge in [0.15, 0.2) is 0 Å². The predicted octanol–water partition coefficient (Wildman–Crippen LogP) is 4.11. The largest absolute Gasteiger partial charge is 0.389 e. The van der Waals surface area contributed by atoms with E-state index >= 15 is 0 Å². The van der Waals surface area contributed by atoms with Crippen LogP contribution in [0.1, 0.15) is 37.3 Å². The fraction of sp³-hybridized carbons (Fsp3) is 0.625. The third-order valence-corrected chi connectivity index (χ3v) is 6.74. The van der Waals surface area contributed by atoms with Crippen LogP contribution in [0.25, 0.3) is 0 Å². The van der Waals surface area contributed by atoms with Gasteiger partial charge in [0.2, 0.25) is 0 Å². The average Bonchev–Trinajstić information content (AvgIpc) is 2.68. The van der Waals surface area contributed by atoms with Crippen molar-refractivity contribution in [2.75, 3.05) is 23.8 Å². The van der Waals surface area contributed by atoms with Gasteiger partial charge >= 0.3 is 0 Å². The molecule has 5 heteroatoms. The van der Waals surface area contributed by atoms with E-state index in [2.05, 4.69) is 17.4 Å². The van der Waals surface area contributed by atoms with E-state index in [1.807, 2.05) is 29.6 Å². The summed E-state index contributed by atoms with van der Waals surface area (Å²) in [5.41, 5.74) is 0.780. The van der Waals surface area contributed by atoms with Crippen molar-refractivity contribution in [2.45, 2.75) is 42.2 Å². The van der Waals surface area contributed by atoms with Crippen molar-refractivity contribution < 1.29 is 5.11 Å². The average molecular weight is 344 g/mol. The fourth-order valence-corrected chi connectivity index (χ4v) is 5.50. The van der Waals surface area contributed by atoms with Crippen molar-refractivity contribution in [1.82, 2.24) is 5.32 Å². The highest BCUT2D eigenvalue weighted by Crippen LogP contribution is 2.37. The number of fused-ring (bicyclic) bond motifs is 1. The monoisotopic (exact) mass is 343 g/mol. The van der Waals surface area contributed by atoms with E-state index in [9.17, 15) is 5.11 Å². The second kappa shape index (κ2) is 7.14. The molecule has 21 heavy (non-hydrogen) atoms. The molecule has 1 unspecified atom stereocenters. The first kappa shape index (κ1) is 16.0. The molecule has 116 valence electrons. The molecule has 0 aliphatic carbocycles. The van der Waals surface area contributed by atoms with Crippen molar-refractivity contribution in [1.29, 1.82) is 0 Å². The standard InChI is InChI=1S/C16H22ClNOS2/c17-12-3-4-15-13(10-12)14(2-1-7-21-15)18-11-16(19)5-8-20-9-6-16/h3-4,10,14,18-19H,1-2,5-9,11H2. The van der Waals surface area contributed by atoms with E-state index in [4.69, 9.17) is 11.6 Å². The van der Waals surface area contributed by atoms with Gasteiger partial charge in [0.25, 0.3) is 0 Å². The first-order valence-electron chi connectivity index (χ1n) is 7.62. The van der Waals surface area contributed by atoms with Crippen molar-refractivity contribution in [3.8, 4) is 0 Å². The molecule has 3 rings (SSSR count). The van der Waals surface area contributed by atoms with E-state index < -0.39 is 5.60 Å². The van der Waals surface area contributed by atoms with Crippen LogP contribution in [0.15, 0.2) is 23.1 Å². The minimum absolute atomic E-state index is 0.312. The molecule has 0 spiro atoms. The number of rotatable bonds is 3. The smallest absolute Gasteiger partial charge is 0.0787 e. The molecule has 2 N–H and O–H groups in total. The number of thioether (sulfide) groups is 2. The maximum atomic E-state index is 10.7. The minimum atomic E-state index is -0.524. The van der Waals surface area contributed by atoms with Crippen LogP contribution < -0.4 is 5.32 Å². The molecule has 1 aromatic carbocycles. The molecule has 0 radical (unpaired) electrons. The van der Waals surface area contributed by atoms with Crippen LogP contribution in [0.4, 0.5) is 0 Å². The molecular weight excluding hydrogens is 322 g/mol. The van der Waals surface area contributed by atoms with Crippen LogP contribution in [0.3, 0.4) is 0 Å². The minimum Gasteiger partial charge on any atom is -0.389 e. The van der Waals surface area contributed by atoms with Gasteiger partial charge < -0.3 is 10.4 Å². The lowest BCUT2D eigenvalue weighted by Crippen LogP contribution is -2.44. The van der Waals surface area contributed by atoms with E-state index in [-0.39, 0.29) is 0 Å². The highest BCUT2D eigenvalue weighted by atomic mass is 35.5. The lowest BCUT2D eigenvalue weighted by Gasteiger charge is -2.33. The van der Waals surface area contributed by atoms with Gasteiger partial charge in [0.05, 0.1) is 5.60 Å². The van der Waals surface area contributed by atoms with Crippen molar-refractivity contribution >= 4 is 35.1 Å². The highest BCUT2D eigenvalue weighted by molar-refractivity contribution is 7.99. The summed E-state index contributed by atoms with van der Waals surface area (Å²) in [5.74, 6) is 3.30. The number of hydrogen-bond donors (Lipinski definition) is 2. The molecule has 1 atom stereocenters. The number of nitrogens with one attached hydrogen (secondary N) is 1. The fourth-order valence-electron chi connectivity index (χ4n) is 3.00. The number of hydrogen-bond acceptors (Lipinski definition) is 4. The van der Waals surface area contributed by atoms with Crippen molar-refractivity contribution in [2.24, 2.45) is 0 Å². The molecule has 1 aromatic rings. The van der Waals surface area contributed by atoms with Crippen LogP contribution in [-0.2, 0) is 0 Å². The van der Waals surface area contributed by atoms with E-state index in [0.29, 0.717) is 12.6 Å². The van der Waals surface area contributed by atoms with Gasteiger partial charge in [-0.2, -0.15) is 11.8 Å². The summed E-state index contributed by atoms with van der Waals surface area (Å²) in [6, 6.07) is 6.51. The molecule has 2 aliphatic rings. The number of halogens is 1. The van der Waals surface area contributed by atoms with E-state index in [1.165, 1.54) is 16.9 Å². The summed E-state index contributed by atoms with van der Waals surface area (Å²) in [6.07, 6.45) is 4.11. The van der Waals surface area contributed by atoms with Crippen LogP contribution in [-0.4, -0.2) is 34.5 Å². The molecule has 1 saturated heterocycles. The molecule has 0 saturated carbocycles. The Morgan fingerprint density at radius 2 is 2.10 bits per heavy atom. The van der Waals surface area contributed by atoms with Crippen molar-refractivity contribution in [3.63, 3.8) is 0 Å². The van der Waals surface area contributed by atoms with E-state index in [0.717, 1.165) is 41.5 Å². The van der Waals surface area contributed by atoms with Crippen LogP contribution in [0, 0.1) is 0 Å².